The lowest BCUT2D eigenvalue weighted by Gasteiger charge is -2.21. The van der Waals surface area contributed by atoms with Crippen molar-refractivity contribution in [2.75, 3.05) is 13.7 Å². The highest BCUT2D eigenvalue weighted by Gasteiger charge is 2.22. The van der Waals surface area contributed by atoms with Crippen molar-refractivity contribution >= 4 is 11.7 Å². The lowest BCUT2D eigenvalue weighted by Crippen LogP contribution is -2.40. The summed E-state index contributed by atoms with van der Waals surface area (Å²) in [4.78, 5) is 21.6. The van der Waals surface area contributed by atoms with E-state index in [1.165, 1.54) is 4.90 Å². The van der Waals surface area contributed by atoms with Gasteiger partial charge in [0.05, 0.1) is 0 Å². The normalized spacial score (nSPS) is 16.2. The first-order valence-corrected chi connectivity index (χ1v) is 4.17. The number of amides is 1. The highest BCUT2D eigenvalue weighted by atomic mass is 16.6. The zero-order valence-electron chi connectivity index (χ0n) is 7.67. The Morgan fingerprint density at radius 1 is 1.50 bits per heavy atom. The Kier molecular flexibility index (Phi) is 2.14. The van der Waals surface area contributed by atoms with Crippen LogP contribution in [0, 0.1) is 0 Å². The van der Waals surface area contributed by atoms with Crippen molar-refractivity contribution in [3.8, 4) is 0 Å². The van der Waals surface area contributed by atoms with Crippen molar-refractivity contribution in [2.24, 2.45) is 5.16 Å². The highest BCUT2D eigenvalue weighted by Crippen LogP contribution is 2.06. The molecular formula is C9H9N3O2. The molecule has 0 bridgehead atoms. The number of likely N-dealkylation sites (N-methyl/N-ethyl adjacent to an activating group) is 1. The maximum Gasteiger partial charge on any atom is 0.268 e. The number of nitrogens with zero attached hydrogens (tertiary/aromatic N) is 3. The molecule has 2 heterocycles. The highest BCUT2D eigenvalue weighted by molar-refractivity contribution is 6.07. The fourth-order valence-electron chi connectivity index (χ4n) is 1.14. The maximum atomic E-state index is 11.3. The zero-order chi connectivity index (χ0) is 9.97. The van der Waals surface area contributed by atoms with E-state index in [1.54, 1.807) is 25.4 Å². The molecule has 5 heteroatoms. The number of aromatic nitrogens is 1. The third-order valence-electron chi connectivity index (χ3n) is 1.92. The third kappa shape index (κ3) is 1.44. The van der Waals surface area contributed by atoms with Gasteiger partial charge in [0.2, 0.25) is 5.84 Å². The lowest BCUT2D eigenvalue weighted by atomic mass is 10.3. The number of oxime groups is 1. The van der Waals surface area contributed by atoms with Gasteiger partial charge in [-0.2, -0.15) is 0 Å². The molecule has 0 radical (unpaired) electrons. The Morgan fingerprint density at radius 2 is 2.36 bits per heavy atom. The molecule has 0 saturated heterocycles. The monoisotopic (exact) mass is 191 g/mol. The van der Waals surface area contributed by atoms with E-state index >= 15 is 0 Å². The fourth-order valence-corrected chi connectivity index (χ4v) is 1.14. The molecule has 5 nitrogen and oxygen atoms in total. The van der Waals surface area contributed by atoms with Crippen molar-refractivity contribution in [3.63, 3.8) is 0 Å². The smallest absolute Gasteiger partial charge is 0.268 e. The Bertz CT molecular complexity index is 375. The molecule has 0 aliphatic carbocycles. The Labute approximate surface area is 81.0 Å². The van der Waals surface area contributed by atoms with Crippen molar-refractivity contribution < 1.29 is 9.63 Å². The molecule has 1 aliphatic rings. The van der Waals surface area contributed by atoms with E-state index < -0.39 is 0 Å². The predicted octanol–water partition coefficient (Wildman–Crippen LogP) is 0.232. The van der Waals surface area contributed by atoms with Gasteiger partial charge in [0.15, 0.2) is 6.61 Å². The predicted molar refractivity (Wildman–Crippen MR) is 49.5 cm³/mol. The summed E-state index contributed by atoms with van der Waals surface area (Å²) in [5, 5.41) is 3.79. The van der Waals surface area contributed by atoms with Gasteiger partial charge < -0.3 is 4.84 Å². The van der Waals surface area contributed by atoms with Crippen LogP contribution in [0.3, 0.4) is 0 Å². The van der Waals surface area contributed by atoms with Crippen LogP contribution in [-0.4, -0.2) is 35.3 Å². The number of carbonyl (C=O) groups is 1. The van der Waals surface area contributed by atoms with Gasteiger partial charge in [0, 0.05) is 13.2 Å². The van der Waals surface area contributed by atoms with Crippen LogP contribution >= 0.6 is 0 Å². The largest absolute Gasteiger partial charge is 0.384 e. The lowest BCUT2D eigenvalue weighted by molar-refractivity contribution is -0.133. The molecule has 14 heavy (non-hydrogen) atoms. The van der Waals surface area contributed by atoms with E-state index in [0.717, 1.165) is 0 Å². The van der Waals surface area contributed by atoms with Gasteiger partial charge >= 0.3 is 0 Å². The van der Waals surface area contributed by atoms with E-state index in [1.807, 2.05) is 6.07 Å². The maximum absolute atomic E-state index is 11.3. The molecule has 72 valence electrons. The average molecular weight is 191 g/mol. The minimum Gasteiger partial charge on any atom is -0.384 e. The van der Waals surface area contributed by atoms with Gasteiger partial charge in [-0.25, -0.2) is 0 Å². The number of amidine groups is 1. The molecule has 1 aromatic heterocycles. The second kappa shape index (κ2) is 3.45. The molecular weight excluding hydrogens is 182 g/mol. The standard InChI is InChI=1S/C9H9N3O2/c1-12-8(13)6-14-11-9(12)7-4-2-3-5-10-7/h2-5H,6H2,1H3. The topological polar surface area (TPSA) is 54.8 Å². The number of carbonyl (C=O) groups excluding carboxylic acids is 1. The van der Waals surface area contributed by atoms with Crippen LogP contribution in [0.5, 0.6) is 0 Å². The number of rotatable bonds is 1. The molecule has 2 rings (SSSR count). The van der Waals surface area contributed by atoms with Crippen LogP contribution in [0.2, 0.25) is 0 Å². The molecule has 0 fully saturated rings. The van der Waals surface area contributed by atoms with Gasteiger partial charge in [-0.1, -0.05) is 11.2 Å². The van der Waals surface area contributed by atoms with Crippen molar-refractivity contribution in [3.05, 3.63) is 30.1 Å². The van der Waals surface area contributed by atoms with Crippen LogP contribution in [0.25, 0.3) is 0 Å². The van der Waals surface area contributed by atoms with Gasteiger partial charge in [-0.15, -0.1) is 0 Å². The summed E-state index contributed by atoms with van der Waals surface area (Å²) >= 11 is 0. The average Bonchev–Trinajstić information content (AvgIpc) is 2.23. The molecule has 0 aromatic carbocycles. The fraction of sp³-hybridized carbons (Fsp3) is 0.222. The van der Waals surface area contributed by atoms with Gasteiger partial charge in [0.25, 0.3) is 5.91 Å². The minimum atomic E-state index is -0.124. The molecule has 1 aromatic rings. The SMILES string of the molecule is CN1C(=O)CON=C1c1ccccn1. The summed E-state index contributed by atoms with van der Waals surface area (Å²) in [7, 11) is 1.65. The first-order valence-electron chi connectivity index (χ1n) is 4.17. The first kappa shape index (κ1) is 8.68. The summed E-state index contributed by atoms with van der Waals surface area (Å²) < 4.78 is 0. The molecule has 0 N–H and O–H groups in total. The van der Waals surface area contributed by atoms with Crippen molar-refractivity contribution in [1.82, 2.24) is 9.88 Å². The van der Waals surface area contributed by atoms with Crippen LogP contribution < -0.4 is 0 Å². The second-order valence-corrected chi connectivity index (χ2v) is 2.86. The van der Waals surface area contributed by atoms with E-state index in [2.05, 4.69) is 10.1 Å². The van der Waals surface area contributed by atoms with E-state index in [4.69, 9.17) is 4.84 Å². The second-order valence-electron chi connectivity index (χ2n) is 2.86. The quantitative estimate of drug-likeness (QED) is 0.638. The summed E-state index contributed by atoms with van der Waals surface area (Å²) in [6.07, 6.45) is 1.64. The third-order valence-corrected chi connectivity index (χ3v) is 1.92. The van der Waals surface area contributed by atoms with Gasteiger partial charge in [-0.05, 0) is 12.1 Å². The van der Waals surface area contributed by atoms with Crippen molar-refractivity contribution in [1.29, 1.82) is 0 Å². The molecule has 1 aliphatic heterocycles. The van der Waals surface area contributed by atoms with Gasteiger partial charge in [-0.3, -0.25) is 14.7 Å². The van der Waals surface area contributed by atoms with Crippen molar-refractivity contribution in [2.45, 2.75) is 0 Å². The van der Waals surface area contributed by atoms with E-state index in [9.17, 15) is 4.79 Å². The van der Waals surface area contributed by atoms with Crippen LogP contribution in [0.1, 0.15) is 5.69 Å². The summed E-state index contributed by atoms with van der Waals surface area (Å²) in [5.74, 6) is 0.322. The first-order chi connectivity index (χ1) is 6.79. The molecule has 0 atom stereocenters. The Hall–Kier alpha value is -1.91. The zero-order valence-corrected chi connectivity index (χ0v) is 7.67. The van der Waals surface area contributed by atoms with Crippen LogP contribution in [0.15, 0.2) is 29.6 Å². The number of hydrogen-bond donors (Lipinski definition) is 0. The Balaban J connectivity index is 2.35. The summed E-state index contributed by atoms with van der Waals surface area (Å²) in [5.41, 5.74) is 0.628. The van der Waals surface area contributed by atoms with E-state index in [0.29, 0.717) is 11.5 Å². The summed E-state index contributed by atoms with van der Waals surface area (Å²) in [6.45, 7) is -0.00711. The minimum absolute atomic E-state index is 0.00711. The number of pyridine rings is 1. The summed E-state index contributed by atoms with van der Waals surface area (Å²) in [6, 6.07) is 5.41. The van der Waals surface area contributed by atoms with E-state index in [-0.39, 0.29) is 12.5 Å². The number of hydrogen-bond acceptors (Lipinski definition) is 4. The molecule has 0 saturated carbocycles. The molecule has 0 unspecified atom stereocenters. The molecule has 1 amide bonds. The van der Waals surface area contributed by atoms with Gasteiger partial charge in [0.1, 0.15) is 5.69 Å². The van der Waals surface area contributed by atoms with Crippen LogP contribution in [-0.2, 0) is 9.63 Å². The van der Waals surface area contributed by atoms with Crippen LogP contribution in [0.4, 0.5) is 0 Å². The Morgan fingerprint density at radius 3 is 3.07 bits per heavy atom. The molecule has 0 spiro atoms.